The van der Waals surface area contributed by atoms with Crippen molar-refractivity contribution < 1.29 is 15.1 Å². The van der Waals surface area contributed by atoms with Crippen molar-refractivity contribution in [2.45, 2.75) is 0 Å². The molecule has 0 bridgehead atoms. The van der Waals surface area contributed by atoms with Crippen molar-refractivity contribution in [3.63, 3.8) is 0 Å². The van der Waals surface area contributed by atoms with Gasteiger partial charge in [0.15, 0.2) is 0 Å². The van der Waals surface area contributed by atoms with Gasteiger partial charge in [0.2, 0.25) is 0 Å². The highest BCUT2D eigenvalue weighted by Crippen LogP contribution is 2.30. The number of aromatic hydroxyl groups is 2. The number of nitro groups is 1. The lowest BCUT2D eigenvalue weighted by molar-refractivity contribution is -0.384. The summed E-state index contributed by atoms with van der Waals surface area (Å²) in [6.45, 7) is 0. The monoisotopic (exact) mass is 258 g/mol. The Kier molecular flexibility index (Phi) is 3.42. The Bertz CT molecular complexity index is 653. The van der Waals surface area contributed by atoms with Crippen molar-refractivity contribution >= 4 is 17.6 Å². The van der Waals surface area contributed by atoms with Crippen LogP contribution < -0.4 is 0 Å². The Morgan fingerprint density at radius 1 is 1.11 bits per heavy atom. The molecule has 0 atom stereocenters. The normalized spacial score (nSPS) is 10.7. The minimum absolute atomic E-state index is 0.0381. The van der Waals surface area contributed by atoms with Crippen LogP contribution in [0.5, 0.6) is 11.5 Å². The fourth-order valence-electron chi connectivity index (χ4n) is 1.46. The molecule has 0 amide bonds. The van der Waals surface area contributed by atoms with Crippen molar-refractivity contribution in [1.82, 2.24) is 0 Å². The summed E-state index contributed by atoms with van der Waals surface area (Å²) in [4.78, 5) is 14.0. The third kappa shape index (κ3) is 2.86. The van der Waals surface area contributed by atoms with E-state index in [2.05, 4.69) is 4.99 Å². The highest BCUT2D eigenvalue weighted by Gasteiger charge is 2.09. The van der Waals surface area contributed by atoms with Gasteiger partial charge < -0.3 is 10.2 Å². The van der Waals surface area contributed by atoms with Gasteiger partial charge in [0.1, 0.15) is 17.2 Å². The Morgan fingerprint density at radius 3 is 2.53 bits per heavy atom. The summed E-state index contributed by atoms with van der Waals surface area (Å²) in [6, 6.07) is 10.1. The number of nitrogens with zero attached hydrogens (tertiary/aromatic N) is 2. The van der Waals surface area contributed by atoms with Crippen molar-refractivity contribution in [2.24, 2.45) is 4.99 Å². The maximum absolute atomic E-state index is 10.6. The molecule has 0 fully saturated rings. The number of para-hydroxylation sites is 1. The summed E-state index contributed by atoms with van der Waals surface area (Å²) >= 11 is 0. The van der Waals surface area contributed by atoms with Crippen molar-refractivity contribution in [3.8, 4) is 11.5 Å². The topological polar surface area (TPSA) is 96.0 Å². The number of hydrogen-bond donors (Lipinski definition) is 2. The second kappa shape index (κ2) is 5.18. The Labute approximate surface area is 108 Å². The predicted octanol–water partition coefficient (Wildman–Crippen LogP) is 2.76. The quantitative estimate of drug-likeness (QED) is 0.502. The fraction of sp³-hybridized carbons (Fsp3) is 0. The average Bonchev–Trinajstić information content (AvgIpc) is 2.39. The molecule has 19 heavy (non-hydrogen) atoms. The molecule has 2 aromatic rings. The van der Waals surface area contributed by atoms with E-state index >= 15 is 0 Å². The molecule has 0 radical (unpaired) electrons. The smallest absolute Gasteiger partial charge is 0.271 e. The molecule has 0 aromatic heterocycles. The number of phenolic OH excluding ortho intramolecular Hbond substituents is 2. The lowest BCUT2D eigenvalue weighted by Crippen LogP contribution is -1.87. The third-order valence-corrected chi connectivity index (χ3v) is 2.45. The van der Waals surface area contributed by atoms with Gasteiger partial charge >= 0.3 is 0 Å². The lowest BCUT2D eigenvalue weighted by Gasteiger charge is -2.00. The molecule has 0 aliphatic heterocycles. The molecule has 0 aliphatic rings. The molecule has 0 unspecified atom stereocenters. The third-order valence-electron chi connectivity index (χ3n) is 2.45. The molecule has 2 aromatic carbocycles. The predicted molar refractivity (Wildman–Crippen MR) is 70.1 cm³/mol. The first-order valence-corrected chi connectivity index (χ1v) is 5.37. The van der Waals surface area contributed by atoms with Crippen molar-refractivity contribution in [2.75, 3.05) is 0 Å². The van der Waals surface area contributed by atoms with Crippen LogP contribution in [0.25, 0.3) is 0 Å². The zero-order valence-electron chi connectivity index (χ0n) is 9.72. The maximum Gasteiger partial charge on any atom is 0.271 e. The largest absolute Gasteiger partial charge is 0.507 e. The summed E-state index contributed by atoms with van der Waals surface area (Å²) in [5, 5.41) is 29.7. The molecule has 0 saturated heterocycles. The van der Waals surface area contributed by atoms with E-state index in [1.54, 1.807) is 18.2 Å². The minimum atomic E-state index is -0.571. The van der Waals surface area contributed by atoms with Gasteiger partial charge in [0.25, 0.3) is 5.69 Å². The number of benzene rings is 2. The summed E-state index contributed by atoms with van der Waals surface area (Å²) in [7, 11) is 0. The zero-order chi connectivity index (χ0) is 13.8. The standard InChI is InChI=1S/C13H10N2O4/c16-12-4-2-1-3-9(12)8-14-11-7-10(15(18)19)5-6-13(11)17/h1-8,16-17H. The van der Waals surface area contributed by atoms with Gasteiger partial charge in [-0.15, -0.1) is 0 Å². The summed E-state index contributed by atoms with van der Waals surface area (Å²) in [6.07, 6.45) is 1.33. The lowest BCUT2D eigenvalue weighted by atomic mass is 10.2. The Hall–Kier alpha value is -2.89. The van der Waals surface area contributed by atoms with E-state index < -0.39 is 4.92 Å². The second-order valence-electron chi connectivity index (χ2n) is 3.75. The van der Waals surface area contributed by atoms with Crippen molar-refractivity contribution in [3.05, 3.63) is 58.1 Å². The summed E-state index contributed by atoms with van der Waals surface area (Å²) in [5.74, 6) is -0.131. The van der Waals surface area contributed by atoms with E-state index in [9.17, 15) is 20.3 Å². The van der Waals surface area contributed by atoms with Crippen LogP contribution in [0, 0.1) is 10.1 Å². The zero-order valence-corrected chi connectivity index (χ0v) is 9.72. The van der Waals surface area contributed by atoms with Gasteiger partial charge in [-0.2, -0.15) is 0 Å². The van der Waals surface area contributed by atoms with Crippen LogP contribution >= 0.6 is 0 Å². The van der Waals surface area contributed by atoms with Crippen LogP contribution in [0.3, 0.4) is 0 Å². The summed E-state index contributed by atoms with van der Waals surface area (Å²) < 4.78 is 0. The number of nitro benzene ring substituents is 1. The SMILES string of the molecule is O=[N+]([O-])c1ccc(O)c(N=Cc2ccccc2O)c1. The van der Waals surface area contributed by atoms with Crippen LogP contribution in [0.2, 0.25) is 0 Å². The highest BCUT2D eigenvalue weighted by molar-refractivity contribution is 5.86. The van der Waals surface area contributed by atoms with Crippen LogP contribution in [0.15, 0.2) is 47.5 Å². The maximum atomic E-state index is 10.6. The molecule has 2 rings (SSSR count). The van der Waals surface area contributed by atoms with Gasteiger partial charge in [0, 0.05) is 23.9 Å². The summed E-state index contributed by atoms with van der Waals surface area (Å²) in [5.41, 5.74) is 0.355. The van der Waals surface area contributed by atoms with E-state index in [-0.39, 0.29) is 22.9 Å². The van der Waals surface area contributed by atoms with Gasteiger partial charge in [0.05, 0.1) is 4.92 Å². The van der Waals surface area contributed by atoms with Gasteiger partial charge in [-0.3, -0.25) is 15.1 Å². The molecular formula is C13H10N2O4. The molecule has 0 saturated carbocycles. The Balaban J connectivity index is 2.35. The van der Waals surface area contributed by atoms with E-state index in [0.29, 0.717) is 5.56 Å². The van der Waals surface area contributed by atoms with E-state index in [4.69, 9.17) is 0 Å². The number of aliphatic imine (C=N–C) groups is 1. The van der Waals surface area contributed by atoms with Gasteiger partial charge in [-0.05, 0) is 18.2 Å². The molecule has 0 spiro atoms. The molecule has 0 aliphatic carbocycles. The van der Waals surface area contributed by atoms with Crippen LogP contribution in [-0.4, -0.2) is 21.4 Å². The van der Waals surface area contributed by atoms with Crippen LogP contribution in [0.1, 0.15) is 5.56 Å². The first-order chi connectivity index (χ1) is 9.08. The molecule has 6 nitrogen and oxygen atoms in total. The van der Waals surface area contributed by atoms with Gasteiger partial charge in [-0.1, -0.05) is 12.1 Å². The number of rotatable bonds is 3. The van der Waals surface area contributed by atoms with E-state index in [1.807, 2.05) is 0 Å². The highest BCUT2D eigenvalue weighted by atomic mass is 16.6. The van der Waals surface area contributed by atoms with Crippen molar-refractivity contribution in [1.29, 1.82) is 0 Å². The average molecular weight is 258 g/mol. The molecule has 0 heterocycles. The minimum Gasteiger partial charge on any atom is -0.507 e. The second-order valence-corrected chi connectivity index (χ2v) is 3.75. The number of hydrogen-bond acceptors (Lipinski definition) is 5. The number of phenols is 2. The molecule has 96 valence electrons. The number of non-ortho nitro benzene ring substituents is 1. The first-order valence-electron chi connectivity index (χ1n) is 5.37. The molecule has 6 heteroatoms. The Morgan fingerprint density at radius 2 is 1.84 bits per heavy atom. The van der Waals surface area contributed by atoms with Crippen LogP contribution in [0.4, 0.5) is 11.4 Å². The van der Waals surface area contributed by atoms with E-state index in [1.165, 1.54) is 24.4 Å². The molecular weight excluding hydrogens is 248 g/mol. The first kappa shape index (κ1) is 12.6. The fourth-order valence-corrected chi connectivity index (χ4v) is 1.46. The van der Waals surface area contributed by atoms with Gasteiger partial charge in [-0.25, -0.2) is 0 Å². The van der Waals surface area contributed by atoms with E-state index in [0.717, 1.165) is 6.07 Å². The van der Waals surface area contributed by atoms with Crippen LogP contribution in [-0.2, 0) is 0 Å². The molecule has 2 N–H and O–H groups in total.